The molecule has 116 valence electrons. The van der Waals surface area contributed by atoms with Crippen LogP contribution in [0.2, 0.25) is 0 Å². The van der Waals surface area contributed by atoms with Crippen molar-refractivity contribution in [1.29, 1.82) is 0 Å². The van der Waals surface area contributed by atoms with Gasteiger partial charge in [-0.1, -0.05) is 49.4 Å². The lowest BCUT2D eigenvalue weighted by Crippen LogP contribution is -1.99. The second-order valence-corrected chi connectivity index (χ2v) is 5.47. The van der Waals surface area contributed by atoms with Crippen LogP contribution in [0.4, 0.5) is 0 Å². The molecular weight excluding hydrogens is 288 g/mol. The van der Waals surface area contributed by atoms with Crippen molar-refractivity contribution in [1.82, 2.24) is 10.2 Å². The third-order valence-electron chi connectivity index (χ3n) is 3.99. The number of aromatic amines is 1. The first-order valence-corrected chi connectivity index (χ1v) is 7.63. The second kappa shape index (κ2) is 6.48. The number of carbonyl (C=O) groups is 1. The highest BCUT2D eigenvalue weighted by Crippen LogP contribution is 2.29. The van der Waals surface area contributed by atoms with Crippen molar-refractivity contribution in [2.24, 2.45) is 0 Å². The van der Waals surface area contributed by atoms with Gasteiger partial charge in [0.15, 0.2) is 0 Å². The molecule has 0 spiro atoms. The molecule has 4 heteroatoms. The van der Waals surface area contributed by atoms with E-state index in [1.54, 1.807) is 18.2 Å². The van der Waals surface area contributed by atoms with Gasteiger partial charge in [0.25, 0.3) is 0 Å². The fourth-order valence-corrected chi connectivity index (χ4v) is 2.80. The maximum atomic E-state index is 11.1. The fourth-order valence-electron chi connectivity index (χ4n) is 2.80. The number of aromatic carboxylic acids is 1. The van der Waals surface area contributed by atoms with Crippen LogP contribution in [0, 0.1) is 0 Å². The number of nitrogens with one attached hydrogen (secondary N) is 1. The zero-order valence-corrected chi connectivity index (χ0v) is 12.9. The van der Waals surface area contributed by atoms with Crippen LogP contribution >= 0.6 is 0 Å². The Kier molecular flexibility index (Phi) is 4.24. The van der Waals surface area contributed by atoms with Gasteiger partial charge in [-0.05, 0) is 30.2 Å². The van der Waals surface area contributed by atoms with Crippen LogP contribution in [0.1, 0.15) is 40.9 Å². The highest BCUT2D eigenvalue weighted by atomic mass is 16.4. The first kappa shape index (κ1) is 15.0. The smallest absolute Gasteiger partial charge is 0.335 e. The minimum absolute atomic E-state index is 0.250. The molecule has 1 aromatic heterocycles. The van der Waals surface area contributed by atoms with Crippen molar-refractivity contribution in [2.75, 3.05) is 0 Å². The van der Waals surface area contributed by atoms with Crippen molar-refractivity contribution in [3.05, 3.63) is 77.5 Å². The topological polar surface area (TPSA) is 66.0 Å². The molecule has 2 N–H and O–H groups in total. The zero-order chi connectivity index (χ0) is 16.2. The normalized spacial score (nSPS) is 12.0. The summed E-state index contributed by atoms with van der Waals surface area (Å²) >= 11 is 0. The molecule has 0 fully saturated rings. The molecule has 2 aromatic carbocycles. The molecule has 0 radical (unpaired) electrons. The van der Waals surface area contributed by atoms with Crippen molar-refractivity contribution in [2.45, 2.75) is 19.3 Å². The van der Waals surface area contributed by atoms with E-state index in [9.17, 15) is 4.79 Å². The molecule has 0 saturated carbocycles. The zero-order valence-electron chi connectivity index (χ0n) is 12.9. The summed E-state index contributed by atoms with van der Waals surface area (Å²) in [5.74, 6) is -0.682. The molecule has 1 atom stereocenters. The number of carboxylic acids is 1. The average Bonchev–Trinajstić information content (AvgIpc) is 3.06. The summed E-state index contributed by atoms with van der Waals surface area (Å²) in [6.07, 6.45) is 0.959. The molecule has 1 unspecified atom stereocenters. The molecule has 0 saturated heterocycles. The molecule has 3 aromatic rings. The Morgan fingerprint density at radius 1 is 1.13 bits per heavy atom. The monoisotopic (exact) mass is 306 g/mol. The van der Waals surface area contributed by atoms with Crippen LogP contribution in [0.25, 0.3) is 11.3 Å². The van der Waals surface area contributed by atoms with Crippen molar-refractivity contribution >= 4 is 5.97 Å². The molecule has 0 amide bonds. The number of nitrogens with zero attached hydrogens (tertiary/aromatic N) is 1. The predicted molar refractivity (Wildman–Crippen MR) is 89.6 cm³/mol. The summed E-state index contributed by atoms with van der Waals surface area (Å²) in [5.41, 5.74) is 4.11. The standard InChI is InChI=1S/C19H18N2O2/c1-2-16(13-7-4-3-5-8-13)18-12-17(20-21-18)14-9-6-10-15(11-14)19(22)23/h3-12,16H,2H2,1H3,(H,20,21)(H,22,23). The van der Waals surface area contributed by atoms with E-state index in [-0.39, 0.29) is 11.5 Å². The minimum atomic E-state index is -0.932. The van der Waals surface area contributed by atoms with E-state index in [0.717, 1.165) is 23.4 Å². The maximum absolute atomic E-state index is 11.1. The highest BCUT2D eigenvalue weighted by Gasteiger charge is 2.15. The van der Waals surface area contributed by atoms with Gasteiger partial charge in [-0.3, -0.25) is 5.10 Å². The molecule has 0 aliphatic carbocycles. The van der Waals surface area contributed by atoms with E-state index in [2.05, 4.69) is 29.3 Å². The van der Waals surface area contributed by atoms with Crippen molar-refractivity contribution in [3.63, 3.8) is 0 Å². The largest absolute Gasteiger partial charge is 0.478 e. The van der Waals surface area contributed by atoms with Gasteiger partial charge in [0.05, 0.1) is 11.3 Å². The highest BCUT2D eigenvalue weighted by molar-refractivity contribution is 5.89. The van der Waals surface area contributed by atoms with Gasteiger partial charge < -0.3 is 5.11 Å². The number of H-pyrrole nitrogens is 1. The third-order valence-corrected chi connectivity index (χ3v) is 3.99. The second-order valence-electron chi connectivity index (χ2n) is 5.47. The number of benzene rings is 2. The molecule has 4 nitrogen and oxygen atoms in total. The molecule has 0 aliphatic rings. The van der Waals surface area contributed by atoms with Gasteiger partial charge in [-0.2, -0.15) is 5.10 Å². The van der Waals surface area contributed by atoms with E-state index in [0.29, 0.717) is 0 Å². The van der Waals surface area contributed by atoms with Gasteiger partial charge in [-0.15, -0.1) is 0 Å². The number of carboxylic acid groups (broad SMARTS) is 1. The van der Waals surface area contributed by atoms with E-state index in [1.165, 1.54) is 5.56 Å². The van der Waals surface area contributed by atoms with Crippen LogP contribution in [0.15, 0.2) is 60.7 Å². The molecule has 0 bridgehead atoms. The van der Waals surface area contributed by atoms with Crippen molar-refractivity contribution < 1.29 is 9.90 Å². The first-order chi connectivity index (χ1) is 11.2. The SMILES string of the molecule is CCC(c1ccccc1)c1cc(-c2cccc(C(=O)O)c2)n[nH]1. The summed E-state index contributed by atoms with van der Waals surface area (Å²) in [5, 5.41) is 16.6. The van der Waals surface area contributed by atoms with Crippen molar-refractivity contribution in [3.8, 4) is 11.3 Å². The Balaban J connectivity index is 1.94. The van der Waals surface area contributed by atoms with Crippen LogP contribution in [-0.4, -0.2) is 21.3 Å². The Labute approximate surface area is 134 Å². The van der Waals surface area contributed by atoms with E-state index < -0.39 is 5.97 Å². The number of hydrogen-bond acceptors (Lipinski definition) is 2. The van der Waals surface area contributed by atoms with E-state index in [1.807, 2.05) is 30.3 Å². The van der Waals surface area contributed by atoms with Crippen LogP contribution in [-0.2, 0) is 0 Å². The number of aromatic nitrogens is 2. The van der Waals surface area contributed by atoms with Gasteiger partial charge in [0.2, 0.25) is 0 Å². The van der Waals surface area contributed by atoms with Gasteiger partial charge in [0.1, 0.15) is 0 Å². The summed E-state index contributed by atoms with van der Waals surface area (Å²) in [4.78, 5) is 11.1. The average molecular weight is 306 g/mol. The Bertz CT molecular complexity index is 809. The van der Waals surface area contributed by atoms with Gasteiger partial charge >= 0.3 is 5.97 Å². The maximum Gasteiger partial charge on any atom is 0.335 e. The predicted octanol–water partition coefficient (Wildman–Crippen LogP) is 4.32. The lowest BCUT2D eigenvalue weighted by Gasteiger charge is -2.12. The quantitative estimate of drug-likeness (QED) is 0.738. The summed E-state index contributed by atoms with van der Waals surface area (Å²) < 4.78 is 0. The van der Waals surface area contributed by atoms with Gasteiger partial charge in [0, 0.05) is 17.2 Å². The summed E-state index contributed by atoms with van der Waals surface area (Å²) in [7, 11) is 0. The number of rotatable bonds is 5. The first-order valence-electron chi connectivity index (χ1n) is 7.63. The third kappa shape index (κ3) is 3.16. The van der Waals surface area contributed by atoms with E-state index in [4.69, 9.17) is 5.11 Å². The molecule has 23 heavy (non-hydrogen) atoms. The molecule has 3 rings (SSSR count). The Morgan fingerprint density at radius 2 is 1.91 bits per heavy atom. The van der Waals surface area contributed by atoms with Crippen LogP contribution in [0.3, 0.4) is 0 Å². The molecular formula is C19H18N2O2. The van der Waals surface area contributed by atoms with E-state index >= 15 is 0 Å². The molecule has 1 heterocycles. The minimum Gasteiger partial charge on any atom is -0.478 e. The molecule has 0 aliphatic heterocycles. The summed E-state index contributed by atoms with van der Waals surface area (Å²) in [6, 6.07) is 19.1. The summed E-state index contributed by atoms with van der Waals surface area (Å²) in [6.45, 7) is 2.14. The van der Waals surface area contributed by atoms with Crippen LogP contribution in [0.5, 0.6) is 0 Å². The van der Waals surface area contributed by atoms with Crippen LogP contribution < -0.4 is 0 Å². The van der Waals surface area contributed by atoms with Gasteiger partial charge in [-0.25, -0.2) is 4.79 Å². The number of hydrogen-bond donors (Lipinski definition) is 2. The Morgan fingerprint density at radius 3 is 2.61 bits per heavy atom. The lowest BCUT2D eigenvalue weighted by molar-refractivity contribution is 0.0697. The fraction of sp³-hybridized carbons (Fsp3) is 0.158. The lowest BCUT2D eigenvalue weighted by atomic mass is 9.93. The Hall–Kier alpha value is -2.88.